The number of carboxylic acids is 1. The molecule has 1 atom stereocenters. The summed E-state index contributed by atoms with van der Waals surface area (Å²) in [6.07, 6.45) is 4.98. The highest BCUT2D eigenvalue weighted by molar-refractivity contribution is 6.10. The molecule has 7 nitrogen and oxygen atoms in total. The minimum Gasteiger partial charge on any atom is -0.479 e. The minimum absolute atomic E-state index is 0.155. The maximum Gasteiger partial charge on any atom is 0.330 e. The molecule has 0 heterocycles. The SMILES string of the molecule is C/C=C\C(=C/C)C(NC(=O)c1cc2ccccc2cc1NC(=O)Nc1c(C)cccc1C)C(=O)O. The second kappa shape index (κ2) is 11.2. The third-order valence-corrected chi connectivity index (χ3v) is 5.65. The molecule has 3 aromatic rings. The Morgan fingerprint density at radius 1 is 0.886 bits per heavy atom. The molecule has 180 valence electrons. The van der Waals surface area contributed by atoms with Gasteiger partial charge in [0.15, 0.2) is 6.04 Å². The molecule has 0 saturated carbocycles. The van der Waals surface area contributed by atoms with Crippen molar-refractivity contribution in [1.82, 2.24) is 5.32 Å². The number of nitrogens with one attached hydrogen (secondary N) is 3. The Hall–Kier alpha value is -4.39. The third kappa shape index (κ3) is 5.95. The predicted octanol–water partition coefficient (Wildman–Crippen LogP) is 5.81. The van der Waals surface area contributed by atoms with E-state index in [0.717, 1.165) is 21.9 Å². The van der Waals surface area contributed by atoms with E-state index >= 15 is 0 Å². The van der Waals surface area contributed by atoms with Crippen LogP contribution < -0.4 is 16.0 Å². The van der Waals surface area contributed by atoms with Crippen LogP contribution in [0.2, 0.25) is 0 Å². The van der Waals surface area contributed by atoms with Crippen LogP contribution in [0.3, 0.4) is 0 Å². The van der Waals surface area contributed by atoms with Crippen molar-refractivity contribution < 1.29 is 19.5 Å². The number of fused-ring (bicyclic) bond motifs is 1. The van der Waals surface area contributed by atoms with Gasteiger partial charge in [-0.25, -0.2) is 9.59 Å². The predicted molar refractivity (Wildman–Crippen MR) is 140 cm³/mol. The second-order valence-corrected chi connectivity index (χ2v) is 8.12. The van der Waals surface area contributed by atoms with Gasteiger partial charge in [-0.2, -0.15) is 0 Å². The van der Waals surface area contributed by atoms with E-state index in [-0.39, 0.29) is 11.3 Å². The Morgan fingerprint density at radius 3 is 2.09 bits per heavy atom. The monoisotopic (exact) mass is 471 g/mol. The highest BCUT2D eigenvalue weighted by Crippen LogP contribution is 2.26. The number of para-hydroxylation sites is 1. The fraction of sp³-hybridized carbons (Fsp3) is 0.179. The first-order valence-corrected chi connectivity index (χ1v) is 11.2. The molecule has 7 heteroatoms. The normalized spacial score (nSPS) is 12.4. The number of carboxylic acid groups (broad SMARTS) is 1. The summed E-state index contributed by atoms with van der Waals surface area (Å²) >= 11 is 0. The summed E-state index contributed by atoms with van der Waals surface area (Å²) in [5.74, 6) is -1.80. The van der Waals surface area contributed by atoms with Crippen LogP contribution in [0.4, 0.5) is 16.2 Å². The van der Waals surface area contributed by atoms with E-state index in [1.165, 1.54) is 0 Å². The number of hydrogen-bond donors (Lipinski definition) is 4. The summed E-state index contributed by atoms with van der Waals surface area (Å²) in [4.78, 5) is 38.1. The lowest BCUT2D eigenvalue weighted by molar-refractivity contribution is -0.138. The van der Waals surface area contributed by atoms with Gasteiger partial charge in [-0.15, -0.1) is 0 Å². The quantitative estimate of drug-likeness (QED) is 0.326. The van der Waals surface area contributed by atoms with Crippen molar-refractivity contribution >= 4 is 40.1 Å². The maximum absolute atomic E-state index is 13.3. The number of rotatable bonds is 7. The summed E-state index contributed by atoms with van der Waals surface area (Å²) < 4.78 is 0. The van der Waals surface area contributed by atoms with Crippen molar-refractivity contribution in [2.24, 2.45) is 0 Å². The summed E-state index contributed by atoms with van der Waals surface area (Å²) in [6, 6.07) is 14.7. The molecule has 1 unspecified atom stereocenters. The third-order valence-electron chi connectivity index (χ3n) is 5.65. The molecule has 0 fully saturated rings. The van der Waals surface area contributed by atoms with Gasteiger partial charge in [0.25, 0.3) is 5.91 Å². The number of hydrogen-bond acceptors (Lipinski definition) is 3. The fourth-order valence-electron chi connectivity index (χ4n) is 3.86. The van der Waals surface area contributed by atoms with Crippen LogP contribution >= 0.6 is 0 Å². The Bertz CT molecular complexity index is 1320. The molecule has 3 amide bonds. The first kappa shape index (κ1) is 25.2. The van der Waals surface area contributed by atoms with Gasteiger partial charge in [0.2, 0.25) is 0 Å². The molecule has 0 aromatic heterocycles. The number of anilines is 2. The highest BCUT2D eigenvalue weighted by Gasteiger charge is 2.25. The van der Waals surface area contributed by atoms with Crippen molar-refractivity contribution in [2.45, 2.75) is 33.7 Å². The Kier molecular flexibility index (Phi) is 8.04. The second-order valence-electron chi connectivity index (χ2n) is 8.12. The summed E-state index contributed by atoms with van der Waals surface area (Å²) in [5, 5.41) is 19.5. The first-order chi connectivity index (χ1) is 16.7. The minimum atomic E-state index is -1.24. The van der Waals surface area contributed by atoms with Crippen LogP contribution in [0, 0.1) is 13.8 Å². The van der Waals surface area contributed by atoms with Crippen molar-refractivity contribution in [3.05, 3.63) is 95.1 Å². The van der Waals surface area contributed by atoms with E-state index in [1.807, 2.05) is 56.3 Å². The molecule has 0 spiro atoms. The Balaban J connectivity index is 1.97. The average molecular weight is 472 g/mol. The van der Waals surface area contributed by atoms with E-state index < -0.39 is 23.9 Å². The number of aryl methyl sites for hydroxylation is 2. The van der Waals surface area contributed by atoms with E-state index in [1.54, 1.807) is 44.2 Å². The van der Waals surface area contributed by atoms with Crippen molar-refractivity contribution in [3.63, 3.8) is 0 Å². The Labute approximate surface area is 204 Å². The molecule has 4 N–H and O–H groups in total. The fourth-order valence-corrected chi connectivity index (χ4v) is 3.86. The number of aliphatic carboxylic acids is 1. The summed E-state index contributed by atoms with van der Waals surface area (Å²) in [5.41, 5.74) is 3.36. The molecule has 0 saturated heterocycles. The van der Waals surface area contributed by atoms with Gasteiger partial charge in [-0.1, -0.05) is 60.7 Å². The standard InChI is InChI=1S/C28H29N3O4/c1-5-10-19(6-2)25(27(33)34)30-26(32)22-15-20-13-7-8-14-21(20)16-23(22)29-28(35)31-24-17(3)11-9-12-18(24)4/h5-16,25H,1-4H3,(H,30,32)(H,33,34)(H2,29,31,35)/b10-5-,19-6+. The van der Waals surface area contributed by atoms with Crippen LogP contribution in [0.5, 0.6) is 0 Å². The average Bonchev–Trinajstić information content (AvgIpc) is 2.83. The molecule has 0 aliphatic carbocycles. The van der Waals surface area contributed by atoms with Crippen molar-refractivity contribution in [2.75, 3.05) is 10.6 Å². The van der Waals surface area contributed by atoms with Gasteiger partial charge in [0.1, 0.15) is 0 Å². The molecule has 0 bridgehead atoms. The molecule has 0 aliphatic rings. The molecular weight excluding hydrogens is 442 g/mol. The van der Waals surface area contributed by atoms with E-state index in [2.05, 4.69) is 16.0 Å². The van der Waals surface area contributed by atoms with Crippen LogP contribution in [0.1, 0.15) is 35.3 Å². The molecule has 0 radical (unpaired) electrons. The zero-order valence-corrected chi connectivity index (χ0v) is 20.2. The number of carbonyl (C=O) groups is 3. The zero-order chi connectivity index (χ0) is 25.5. The largest absolute Gasteiger partial charge is 0.479 e. The number of benzene rings is 3. The number of urea groups is 1. The van der Waals surface area contributed by atoms with Gasteiger partial charge < -0.3 is 21.1 Å². The van der Waals surface area contributed by atoms with Crippen LogP contribution in [0.25, 0.3) is 10.8 Å². The van der Waals surface area contributed by atoms with Gasteiger partial charge in [0.05, 0.1) is 11.3 Å². The molecular formula is C28H29N3O4. The Morgan fingerprint density at radius 2 is 1.51 bits per heavy atom. The topological polar surface area (TPSA) is 108 Å². The number of amides is 3. The van der Waals surface area contributed by atoms with Crippen LogP contribution in [-0.2, 0) is 4.79 Å². The number of allylic oxidation sites excluding steroid dienone is 2. The lowest BCUT2D eigenvalue weighted by Crippen LogP contribution is -2.42. The maximum atomic E-state index is 13.3. The van der Waals surface area contributed by atoms with Crippen LogP contribution in [-0.4, -0.2) is 29.1 Å². The summed E-state index contributed by atoms with van der Waals surface area (Å²) in [7, 11) is 0. The van der Waals surface area contributed by atoms with Gasteiger partial charge in [0, 0.05) is 5.69 Å². The molecule has 3 rings (SSSR count). The molecule has 0 aliphatic heterocycles. The van der Waals surface area contributed by atoms with E-state index in [0.29, 0.717) is 11.3 Å². The molecule has 3 aromatic carbocycles. The lowest BCUT2D eigenvalue weighted by Gasteiger charge is -2.19. The van der Waals surface area contributed by atoms with Gasteiger partial charge in [-0.05, 0) is 67.3 Å². The van der Waals surface area contributed by atoms with Gasteiger partial charge in [-0.3, -0.25) is 4.79 Å². The van der Waals surface area contributed by atoms with E-state index in [4.69, 9.17) is 0 Å². The van der Waals surface area contributed by atoms with Crippen molar-refractivity contribution in [1.29, 1.82) is 0 Å². The smallest absolute Gasteiger partial charge is 0.330 e. The lowest BCUT2D eigenvalue weighted by atomic mass is 10.0. The van der Waals surface area contributed by atoms with Crippen molar-refractivity contribution in [3.8, 4) is 0 Å². The van der Waals surface area contributed by atoms with E-state index in [9.17, 15) is 19.5 Å². The van der Waals surface area contributed by atoms with Crippen LogP contribution in [0.15, 0.2) is 78.4 Å². The molecule has 35 heavy (non-hydrogen) atoms. The zero-order valence-electron chi connectivity index (χ0n) is 20.2. The van der Waals surface area contributed by atoms with Gasteiger partial charge >= 0.3 is 12.0 Å². The number of carbonyl (C=O) groups excluding carboxylic acids is 2. The highest BCUT2D eigenvalue weighted by atomic mass is 16.4. The summed E-state index contributed by atoms with van der Waals surface area (Å²) in [6.45, 7) is 7.27. The first-order valence-electron chi connectivity index (χ1n) is 11.2.